The summed E-state index contributed by atoms with van der Waals surface area (Å²) in [5.74, 6) is -1.66. The Bertz CT molecular complexity index is 1130. The number of allylic oxidation sites excluding steroid dienone is 4. The monoisotopic (exact) mass is 472 g/mol. The van der Waals surface area contributed by atoms with Crippen molar-refractivity contribution >= 4 is 29.6 Å². The number of aliphatic carboxylic acids is 1. The first-order chi connectivity index (χ1) is 16.1. The summed E-state index contributed by atoms with van der Waals surface area (Å²) in [5, 5.41) is 14.3. The van der Waals surface area contributed by atoms with E-state index >= 15 is 0 Å². The van der Waals surface area contributed by atoms with Crippen LogP contribution >= 0.6 is 0 Å². The number of aldehydes is 1. The van der Waals surface area contributed by atoms with Gasteiger partial charge in [0.15, 0.2) is 0 Å². The van der Waals surface area contributed by atoms with Crippen LogP contribution in [0.3, 0.4) is 0 Å². The number of anilines is 3. The van der Waals surface area contributed by atoms with E-state index in [9.17, 15) is 22.8 Å². The number of halogens is 3. The molecule has 10 heteroatoms. The Morgan fingerprint density at radius 1 is 1.21 bits per heavy atom. The molecule has 0 spiro atoms. The minimum atomic E-state index is -4.75. The summed E-state index contributed by atoms with van der Waals surface area (Å²) in [7, 11) is 0. The van der Waals surface area contributed by atoms with Gasteiger partial charge >= 0.3 is 12.1 Å². The quantitative estimate of drug-likeness (QED) is 0.243. The molecule has 0 radical (unpaired) electrons. The van der Waals surface area contributed by atoms with Crippen LogP contribution in [0.15, 0.2) is 85.4 Å². The van der Waals surface area contributed by atoms with Crippen molar-refractivity contribution in [2.45, 2.75) is 13.1 Å². The highest BCUT2D eigenvalue weighted by atomic mass is 19.4. The van der Waals surface area contributed by atoms with Gasteiger partial charge in [-0.2, -0.15) is 13.2 Å². The molecule has 1 heterocycles. The van der Waals surface area contributed by atoms with Crippen molar-refractivity contribution in [2.75, 3.05) is 16.8 Å². The molecule has 0 unspecified atom stereocenters. The number of nitrogens with one attached hydrogen (secondary N) is 2. The summed E-state index contributed by atoms with van der Waals surface area (Å²) in [6.07, 6.45) is 1.31. The van der Waals surface area contributed by atoms with Crippen LogP contribution in [0.25, 0.3) is 0 Å². The Labute approximate surface area is 194 Å². The Morgan fingerprint density at radius 2 is 1.88 bits per heavy atom. The normalized spacial score (nSPS) is 12.0. The third-order valence-electron chi connectivity index (χ3n) is 4.46. The van der Waals surface area contributed by atoms with Gasteiger partial charge in [-0.05, 0) is 37.3 Å². The van der Waals surface area contributed by atoms with E-state index in [4.69, 9.17) is 5.11 Å². The molecule has 34 heavy (non-hydrogen) atoms. The number of carboxylic acids is 1. The molecule has 0 aliphatic rings. The van der Waals surface area contributed by atoms with Crippen LogP contribution < -0.4 is 15.5 Å². The molecule has 0 aliphatic carbocycles. The predicted molar refractivity (Wildman–Crippen MR) is 124 cm³/mol. The second-order valence-electron chi connectivity index (χ2n) is 6.79. The second-order valence-corrected chi connectivity index (χ2v) is 6.79. The molecule has 7 nitrogen and oxygen atoms in total. The topological polar surface area (TPSA) is 94.6 Å². The first kappa shape index (κ1) is 25.9. The number of para-hydroxylation sites is 1. The van der Waals surface area contributed by atoms with Crippen LogP contribution in [0.2, 0.25) is 0 Å². The first-order valence-electron chi connectivity index (χ1n) is 9.89. The van der Waals surface area contributed by atoms with Crippen LogP contribution in [0.5, 0.6) is 0 Å². The van der Waals surface area contributed by atoms with Crippen LogP contribution in [0.4, 0.5) is 30.5 Å². The van der Waals surface area contributed by atoms with E-state index in [0.717, 1.165) is 12.1 Å². The molecule has 1 aromatic carbocycles. The van der Waals surface area contributed by atoms with Crippen LogP contribution in [-0.2, 0) is 15.8 Å². The summed E-state index contributed by atoms with van der Waals surface area (Å²) < 4.78 is 41.6. The van der Waals surface area contributed by atoms with Crippen molar-refractivity contribution in [3.05, 3.63) is 96.5 Å². The largest absolute Gasteiger partial charge is 0.480 e. The van der Waals surface area contributed by atoms with Crippen LogP contribution in [-0.4, -0.2) is 28.9 Å². The van der Waals surface area contributed by atoms with E-state index in [1.807, 2.05) is 0 Å². The van der Waals surface area contributed by atoms with Crippen molar-refractivity contribution in [2.24, 2.45) is 0 Å². The predicted octanol–water partition coefficient (Wildman–Crippen LogP) is 4.93. The number of benzene rings is 1. The maximum absolute atomic E-state index is 13.9. The van der Waals surface area contributed by atoms with Gasteiger partial charge in [-0.3, -0.25) is 14.5 Å². The first-order valence-corrected chi connectivity index (χ1v) is 9.89. The highest BCUT2D eigenvalue weighted by Gasteiger charge is 2.36. The van der Waals surface area contributed by atoms with Gasteiger partial charge < -0.3 is 15.7 Å². The fourth-order valence-electron chi connectivity index (χ4n) is 2.99. The fraction of sp³-hybridized carbons (Fsp3) is 0.125. The smallest absolute Gasteiger partial charge is 0.416 e. The number of carbonyl (C=O) groups is 2. The standard InChI is InChI=1S/C24H23F3N4O3/c1-4-9-17(5-2)29-21(12-13-32)31(18-10-7-6-8-11-18)23-16(3)19(24(25,26)27)14-20(30-23)28-15-22(33)34/h4-14,29H,1-2,15H2,3H3,(H,28,30)(H,33,34)/b17-9+,21-12-. The van der Waals surface area contributed by atoms with Gasteiger partial charge in [0, 0.05) is 23.0 Å². The zero-order valence-electron chi connectivity index (χ0n) is 18.3. The van der Waals surface area contributed by atoms with Gasteiger partial charge in [0.1, 0.15) is 30.3 Å². The summed E-state index contributed by atoms with van der Waals surface area (Å²) in [4.78, 5) is 28.0. The number of alkyl halides is 3. The van der Waals surface area contributed by atoms with Gasteiger partial charge in [0.25, 0.3) is 0 Å². The SMILES string of the molecule is C=C/C=C(\C=C)N/C(=C/C=O)N(c1ccccc1)c1nc(NCC(=O)O)cc(C(F)(F)F)c1C. The lowest BCUT2D eigenvalue weighted by Crippen LogP contribution is -2.30. The molecule has 2 aromatic rings. The molecule has 0 amide bonds. The molecule has 0 atom stereocenters. The number of pyridine rings is 1. The molecule has 178 valence electrons. The minimum Gasteiger partial charge on any atom is -0.480 e. The van der Waals surface area contributed by atoms with Crippen molar-refractivity contribution in [1.29, 1.82) is 0 Å². The zero-order chi connectivity index (χ0) is 25.3. The van der Waals surface area contributed by atoms with E-state index in [1.165, 1.54) is 24.0 Å². The molecular weight excluding hydrogens is 449 g/mol. The lowest BCUT2D eigenvalue weighted by molar-refractivity contribution is -0.138. The molecular formula is C24H23F3N4O3. The van der Waals surface area contributed by atoms with Crippen molar-refractivity contribution in [3.8, 4) is 0 Å². The molecule has 0 saturated carbocycles. The molecule has 0 aliphatic heterocycles. The van der Waals surface area contributed by atoms with E-state index < -0.39 is 24.3 Å². The number of carbonyl (C=O) groups excluding carboxylic acids is 1. The average Bonchev–Trinajstić information content (AvgIpc) is 2.79. The molecule has 0 saturated heterocycles. The summed E-state index contributed by atoms with van der Waals surface area (Å²) in [6, 6.07) is 9.04. The summed E-state index contributed by atoms with van der Waals surface area (Å²) >= 11 is 0. The third kappa shape index (κ3) is 6.58. The Balaban J connectivity index is 2.83. The molecule has 2 rings (SSSR count). The molecule has 3 N–H and O–H groups in total. The van der Waals surface area contributed by atoms with Gasteiger partial charge in [0.05, 0.1) is 5.56 Å². The van der Waals surface area contributed by atoms with E-state index in [0.29, 0.717) is 17.7 Å². The van der Waals surface area contributed by atoms with Crippen molar-refractivity contribution in [3.63, 3.8) is 0 Å². The van der Waals surface area contributed by atoms with E-state index in [1.54, 1.807) is 36.4 Å². The Kier molecular flexibility index (Phi) is 8.77. The molecule has 0 fully saturated rings. The minimum absolute atomic E-state index is 0.0771. The fourth-order valence-corrected chi connectivity index (χ4v) is 2.99. The number of hydrogen-bond acceptors (Lipinski definition) is 6. The highest BCUT2D eigenvalue weighted by molar-refractivity contribution is 5.76. The highest BCUT2D eigenvalue weighted by Crippen LogP contribution is 2.39. The maximum Gasteiger partial charge on any atom is 0.416 e. The zero-order valence-corrected chi connectivity index (χ0v) is 18.3. The van der Waals surface area contributed by atoms with Gasteiger partial charge in [-0.1, -0.05) is 37.4 Å². The van der Waals surface area contributed by atoms with Crippen LogP contribution in [0, 0.1) is 6.92 Å². The number of carboxylic acid groups (broad SMARTS) is 1. The molecule has 0 bridgehead atoms. The van der Waals surface area contributed by atoms with Crippen LogP contribution in [0.1, 0.15) is 11.1 Å². The summed E-state index contributed by atoms with van der Waals surface area (Å²) in [6.45, 7) is 7.88. The third-order valence-corrected chi connectivity index (χ3v) is 4.46. The molecule has 1 aromatic heterocycles. The number of hydrogen-bond donors (Lipinski definition) is 3. The lowest BCUT2D eigenvalue weighted by atomic mass is 10.1. The summed E-state index contributed by atoms with van der Waals surface area (Å²) in [5.41, 5.74) is -0.437. The second kappa shape index (κ2) is 11.5. The Morgan fingerprint density at radius 3 is 2.41 bits per heavy atom. The van der Waals surface area contributed by atoms with Gasteiger partial charge in [-0.15, -0.1) is 0 Å². The average molecular weight is 472 g/mol. The number of aromatic nitrogens is 1. The van der Waals surface area contributed by atoms with Gasteiger partial charge in [0.2, 0.25) is 0 Å². The van der Waals surface area contributed by atoms with E-state index in [2.05, 4.69) is 28.8 Å². The Hall–Kier alpha value is -4.34. The van der Waals surface area contributed by atoms with Gasteiger partial charge in [-0.25, -0.2) is 4.98 Å². The van der Waals surface area contributed by atoms with Crippen molar-refractivity contribution in [1.82, 2.24) is 10.3 Å². The van der Waals surface area contributed by atoms with E-state index in [-0.39, 0.29) is 23.0 Å². The maximum atomic E-state index is 13.9. The number of rotatable bonds is 11. The lowest BCUT2D eigenvalue weighted by Gasteiger charge is -2.30. The van der Waals surface area contributed by atoms with Crippen molar-refractivity contribution < 1.29 is 27.9 Å². The number of nitrogens with zero attached hydrogens (tertiary/aromatic N) is 2.